The van der Waals surface area contributed by atoms with Gasteiger partial charge in [-0.25, -0.2) is 4.98 Å². The fourth-order valence-electron chi connectivity index (χ4n) is 1.48. The molecule has 0 bridgehead atoms. The van der Waals surface area contributed by atoms with Crippen molar-refractivity contribution in [3.05, 3.63) is 34.3 Å². The zero-order valence-corrected chi connectivity index (χ0v) is 10.7. The van der Waals surface area contributed by atoms with Gasteiger partial charge in [-0.1, -0.05) is 0 Å². The highest BCUT2D eigenvalue weighted by molar-refractivity contribution is 7.11. The van der Waals surface area contributed by atoms with Crippen molar-refractivity contribution in [1.82, 2.24) is 4.98 Å². The maximum atomic E-state index is 5.88. The Morgan fingerprint density at radius 1 is 1.47 bits per heavy atom. The number of methoxy groups -OCH3 is 1. The molecule has 3 N–H and O–H groups in total. The molecule has 0 fully saturated rings. The number of rotatable bonds is 4. The minimum Gasteiger partial charge on any atom is -0.497 e. The first kappa shape index (κ1) is 11.7. The Balaban J connectivity index is 2.07. The van der Waals surface area contributed by atoms with E-state index in [1.54, 1.807) is 18.4 Å². The predicted molar refractivity (Wildman–Crippen MR) is 71.6 cm³/mol. The predicted octanol–water partition coefficient (Wildman–Crippen LogP) is 2.65. The van der Waals surface area contributed by atoms with E-state index in [1.807, 2.05) is 31.3 Å². The third-order valence-electron chi connectivity index (χ3n) is 2.38. The lowest BCUT2D eigenvalue weighted by molar-refractivity contribution is 0.415. The normalized spacial score (nSPS) is 10.2. The molecule has 0 spiro atoms. The van der Waals surface area contributed by atoms with Crippen LogP contribution in [0.4, 0.5) is 11.4 Å². The highest BCUT2D eigenvalue weighted by Crippen LogP contribution is 2.25. The average Bonchev–Trinajstić information content (AvgIpc) is 2.74. The molecule has 0 aliphatic carbocycles. The first-order valence-corrected chi connectivity index (χ1v) is 6.09. The third-order valence-corrected chi connectivity index (χ3v) is 3.30. The Morgan fingerprint density at radius 2 is 2.29 bits per heavy atom. The van der Waals surface area contributed by atoms with E-state index in [1.165, 1.54) is 4.88 Å². The van der Waals surface area contributed by atoms with Gasteiger partial charge in [0.1, 0.15) is 5.75 Å². The Hall–Kier alpha value is -1.75. The molecule has 2 aromatic rings. The third kappa shape index (κ3) is 2.88. The highest BCUT2D eigenvalue weighted by atomic mass is 32.1. The molecule has 1 aromatic carbocycles. The number of nitrogens with zero attached hydrogens (tertiary/aromatic N) is 1. The van der Waals surface area contributed by atoms with Crippen LogP contribution in [0.3, 0.4) is 0 Å². The van der Waals surface area contributed by atoms with Crippen LogP contribution < -0.4 is 15.8 Å². The number of anilines is 2. The SMILES string of the molecule is COc1ccc(N)c(NCc2cnc(C)s2)c1. The Labute approximate surface area is 104 Å². The summed E-state index contributed by atoms with van der Waals surface area (Å²) in [6, 6.07) is 5.57. The van der Waals surface area contributed by atoms with Crippen LogP contribution in [0.1, 0.15) is 9.88 Å². The number of hydrogen-bond donors (Lipinski definition) is 2. The molecule has 0 atom stereocenters. The van der Waals surface area contributed by atoms with Crippen LogP contribution in [0, 0.1) is 6.92 Å². The fourth-order valence-corrected chi connectivity index (χ4v) is 2.22. The first-order chi connectivity index (χ1) is 8.19. The Bertz CT molecular complexity index is 510. The highest BCUT2D eigenvalue weighted by Gasteiger charge is 2.03. The molecule has 5 heteroatoms. The van der Waals surface area contributed by atoms with Gasteiger partial charge in [-0.15, -0.1) is 11.3 Å². The van der Waals surface area contributed by atoms with Crippen LogP contribution in [0.2, 0.25) is 0 Å². The minimum absolute atomic E-state index is 0.715. The van der Waals surface area contributed by atoms with Crippen molar-refractivity contribution < 1.29 is 4.74 Å². The van der Waals surface area contributed by atoms with Gasteiger partial charge >= 0.3 is 0 Å². The van der Waals surface area contributed by atoms with Crippen molar-refractivity contribution in [2.24, 2.45) is 0 Å². The molecule has 1 heterocycles. The number of nitrogens with one attached hydrogen (secondary N) is 1. The van der Waals surface area contributed by atoms with E-state index in [2.05, 4.69) is 10.3 Å². The Kier molecular flexibility index (Phi) is 3.49. The van der Waals surface area contributed by atoms with Crippen molar-refractivity contribution in [2.75, 3.05) is 18.2 Å². The number of hydrogen-bond acceptors (Lipinski definition) is 5. The first-order valence-electron chi connectivity index (χ1n) is 5.27. The molecule has 0 saturated heterocycles. The van der Waals surface area contributed by atoms with Gasteiger partial charge in [0.15, 0.2) is 0 Å². The molecule has 4 nitrogen and oxygen atoms in total. The quantitative estimate of drug-likeness (QED) is 0.818. The maximum absolute atomic E-state index is 5.88. The van der Waals surface area contributed by atoms with Crippen LogP contribution >= 0.6 is 11.3 Å². The summed E-state index contributed by atoms with van der Waals surface area (Å²) in [5.74, 6) is 0.794. The summed E-state index contributed by atoms with van der Waals surface area (Å²) < 4.78 is 5.16. The zero-order chi connectivity index (χ0) is 12.3. The maximum Gasteiger partial charge on any atom is 0.121 e. The molecule has 17 heavy (non-hydrogen) atoms. The molecule has 0 aliphatic heterocycles. The number of aryl methyl sites for hydroxylation is 1. The Morgan fingerprint density at radius 3 is 2.94 bits per heavy atom. The van der Waals surface area contributed by atoms with Gasteiger partial charge in [-0.05, 0) is 19.1 Å². The zero-order valence-electron chi connectivity index (χ0n) is 9.86. The lowest BCUT2D eigenvalue weighted by Crippen LogP contribution is -2.01. The van der Waals surface area contributed by atoms with E-state index >= 15 is 0 Å². The molecule has 2 rings (SSSR count). The summed E-state index contributed by atoms with van der Waals surface area (Å²) >= 11 is 1.68. The molecule has 1 aromatic heterocycles. The van der Waals surface area contributed by atoms with Crippen LogP contribution in [-0.4, -0.2) is 12.1 Å². The van der Waals surface area contributed by atoms with E-state index in [0.29, 0.717) is 5.69 Å². The van der Waals surface area contributed by atoms with Crippen molar-refractivity contribution in [1.29, 1.82) is 0 Å². The molecule has 90 valence electrons. The largest absolute Gasteiger partial charge is 0.497 e. The second-order valence-electron chi connectivity index (χ2n) is 3.65. The monoisotopic (exact) mass is 249 g/mol. The van der Waals surface area contributed by atoms with Crippen molar-refractivity contribution in [2.45, 2.75) is 13.5 Å². The van der Waals surface area contributed by atoms with Gasteiger partial charge in [-0.3, -0.25) is 0 Å². The summed E-state index contributed by atoms with van der Waals surface area (Å²) in [4.78, 5) is 5.39. The number of nitrogen functional groups attached to an aromatic ring is 1. The van der Waals surface area contributed by atoms with Crippen LogP contribution in [-0.2, 0) is 6.54 Å². The van der Waals surface area contributed by atoms with E-state index < -0.39 is 0 Å². The van der Waals surface area contributed by atoms with E-state index in [9.17, 15) is 0 Å². The van der Waals surface area contributed by atoms with Crippen LogP contribution in [0.15, 0.2) is 24.4 Å². The van der Waals surface area contributed by atoms with E-state index in [4.69, 9.17) is 10.5 Å². The second kappa shape index (κ2) is 5.05. The van der Waals surface area contributed by atoms with Gasteiger partial charge in [-0.2, -0.15) is 0 Å². The second-order valence-corrected chi connectivity index (χ2v) is 4.97. The van der Waals surface area contributed by atoms with Crippen molar-refractivity contribution in [3.8, 4) is 5.75 Å². The average molecular weight is 249 g/mol. The number of aromatic nitrogens is 1. The number of ether oxygens (including phenoxy) is 1. The van der Waals surface area contributed by atoms with Gasteiger partial charge in [0, 0.05) is 17.1 Å². The molecule has 0 aliphatic rings. The lowest BCUT2D eigenvalue weighted by Gasteiger charge is -2.09. The van der Waals surface area contributed by atoms with Gasteiger partial charge in [0.25, 0.3) is 0 Å². The minimum atomic E-state index is 0.715. The van der Waals surface area contributed by atoms with Gasteiger partial charge in [0.2, 0.25) is 0 Å². The number of benzene rings is 1. The fraction of sp³-hybridized carbons (Fsp3) is 0.250. The van der Waals surface area contributed by atoms with E-state index in [0.717, 1.165) is 23.0 Å². The standard InChI is InChI=1S/C12H15N3OS/c1-8-14-6-10(17-8)7-15-12-5-9(16-2)3-4-11(12)13/h3-6,15H,7,13H2,1-2H3. The summed E-state index contributed by atoms with van der Waals surface area (Å²) in [7, 11) is 1.64. The van der Waals surface area contributed by atoms with Gasteiger partial charge in [0.05, 0.1) is 30.0 Å². The summed E-state index contributed by atoms with van der Waals surface area (Å²) in [5, 5.41) is 4.35. The van der Waals surface area contributed by atoms with E-state index in [-0.39, 0.29) is 0 Å². The molecule has 0 amide bonds. The van der Waals surface area contributed by atoms with Crippen LogP contribution in [0.5, 0.6) is 5.75 Å². The molecular weight excluding hydrogens is 234 g/mol. The summed E-state index contributed by atoms with van der Waals surface area (Å²) in [5.41, 5.74) is 7.48. The van der Waals surface area contributed by atoms with Crippen molar-refractivity contribution in [3.63, 3.8) is 0 Å². The molecular formula is C12H15N3OS. The van der Waals surface area contributed by atoms with Crippen LogP contribution in [0.25, 0.3) is 0 Å². The smallest absolute Gasteiger partial charge is 0.121 e. The topological polar surface area (TPSA) is 60.2 Å². The lowest BCUT2D eigenvalue weighted by atomic mass is 10.2. The van der Waals surface area contributed by atoms with Crippen molar-refractivity contribution >= 4 is 22.7 Å². The van der Waals surface area contributed by atoms with Gasteiger partial charge < -0.3 is 15.8 Å². The number of nitrogens with two attached hydrogens (primary N) is 1. The summed E-state index contributed by atoms with van der Waals surface area (Å²) in [6.07, 6.45) is 1.88. The molecule has 0 unspecified atom stereocenters. The molecule has 0 saturated carbocycles. The number of thiazole rings is 1. The molecule has 0 radical (unpaired) electrons. The summed E-state index contributed by atoms with van der Waals surface area (Å²) in [6.45, 7) is 2.72.